The number of aliphatic imine (C=N–C) groups is 1. The summed E-state index contributed by atoms with van der Waals surface area (Å²) in [5.41, 5.74) is 1.04. The van der Waals surface area contributed by atoms with E-state index in [-0.39, 0.29) is 24.0 Å². The average molecular weight is 452 g/mol. The highest BCUT2D eigenvalue weighted by molar-refractivity contribution is 14.0. The maximum absolute atomic E-state index is 6.25. The Labute approximate surface area is 159 Å². The summed E-state index contributed by atoms with van der Waals surface area (Å²) in [5, 5.41) is 7.26. The number of hydrogen-bond donors (Lipinski definition) is 2. The molecule has 1 fully saturated rings. The second-order valence-corrected chi connectivity index (χ2v) is 6.11. The van der Waals surface area contributed by atoms with Gasteiger partial charge in [-0.05, 0) is 36.5 Å². The Kier molecular flexibility index (Phi) is 7.08. The summed E-state index contributed by atoms with van der Waals surface area (Å²) in [6, 6.07) is 3.87. The molecule has 0 aromatic heterocycles. The van der Waals surface area contributed by atoms with E-state index in [1.807, 2.05) is 12.1 Å². The molecule has 23 heavy (non-hydrogen) atoms. The van der Waals surface area contributed by atoms with Crippen molar-refractivity contribution in [2.45, 2.75) is 25.8 Å². The Hall–Kier alpha value is -0.890. The van der Waals surface area contributed by atoms with Crippen LogP contribution < -0.4 is 20.1 Å². The highest BCUT2D eigenvalue weighted by Gasteiger charge is 2.18. The Balaban J connectivity index is 0.00000192. The fraction of sp³-hybridized carbons (Fsp3) is 0.562. The molecule has 1 aliphatic heterocycles. The third-order valence-electron chi connectivity index (χ3n) is 4.12. The van der Waals surface area contributed by atoms with Crippen LogP contribution in [0.4, 0.5) is 0 Å². The molecule has 1 aromatic rings. The number of hydrogen-bond acceptors (Lipinski definition) is 3. The maximum atomic E-state index is 6.25. The second-order valence-electron chi connectivity index (χ2n) is 5.71. The van der Waals surface area contributed by atoms with Gasteiger partial charge in [-0.2, -0.15) is 0 Å². The van der Waals surface area contributed by atoms with Gasteiger partial charge in [0.25, 0.3) is 0 Å². The zero-order chi connectivity index (χ0) is 15.4. The molecule has 5 nitrogen and oxygen atoms in total. The summed E-state index contributed by atoms with van der Waals surface area (Å²) in [6.07, 6.45) is 4.00. The van der Waals surface area contributed by atoms with Crippen LogP contribution in [0.2, 0.25) is 5.02 Å². The number of benzene rings is 1. The number of nitrogens with zero attached hydrogens (tertiary/aromatic N) is 1. The van der Waals surface area contributed by atoms with Gasteiger partial charge in [0.15, 0.2) is 17.5 Å². The first-order chi connectivity index (χ1) is 10.8. The van der Waals surface area contributed by atoms with Gasteiger partial charge in [0.05, 0.1) is 5.02 Å². The normalized spacial score (nSPS) is 17.0. The predicted octanol–water partition coefficient (Wildman–Crippen LogP) is 3.19. The molecular formula is C16H23ClIN3O2. The number of nitrogens with one attached hydrogen (secondary N) is 2. The van der Waals surface area contributed by atoms with Crippen LogP contribution in [0.5, 0.6) is 11.5 Å². The van der Waals surface area contributed by atoms with Crippen molar-refractivity contribution in [3.05, 3.63) is 22.7 Å². The monoisotopic (exact) mass is 451 g/mol. The topological polar surface area (TPSA) is 54.9 Å². The van der Waals surface area contributed by atoms with Crippen LogP contribution in [0.1, 0.15) is 24.8 Å². The van der Waals surface area contributed by atoms with Gasteiger partial charge in [0, 0.05) is 20.1 Å². The van der Waals surface area contributed by atoms with E-state index < -0.39 is 0 Å². The molecule has 0 amide bonds. The second kappa shape index (κ2) is 8.82. The van der Waals surface area contributed by atoms with Crippen molar-refractivity contribution in [2.75, 3.05) is 26.8 Å². The van der Waals surface area contributed by atoms with Gasteiger partial charge in [0.1, 0.15) is 13.2 Å². The highest BCUT2D eigenvalue weighted by atomic mass is 127. The number of guanidine groups is 1. The lowest BCUT2D eigenvalue weighted by atomic mass is 9.85. The number of ether oxygens (including phenoxy) is 2. The molecule has 1 aliphatic carbocycles. The molecule has 0 spiro atoms. The molecular weight excluding hydrogens is 429 g/mol. The molecule has 1 heterocycles. The van der Waals surface area contributed by atoms with Gasteiger partial charge in [-0.25, -0.2) is 0 Å². The van der Waals surface area contributed by atoms with Gasteiger partial charge in [-0.15, -0.1) is 24.0 Å². The van der Waals surface area contributed by atoms with E-state index in [9.17, 15) is 0 Å². The maximum Gasteiger partial charge on any atom is 0.191 e. The number of fused-ring (bicyclic) bond motifs is 1. The number of halogens is 2. The van der Waals surface area contributed by atoms with E-state index in [2.05, 4.69) is 15.6 Å². The Bertz CT molecular complexity index is 565. The van der Waals surface area contributed by atoms with Crippen LogP contribution in [-0.4, -0.2) is 32.8 Å². The number of rotatable bonds is 4. The Morgan fingerprint density at radius 1 is 1.26 bits per heavy atom. The summed E-state index contributed by atoms with van der Waals surface area (Å²) in [5.74, 6) is 2.97. The minimum Gasteiger partial charge on any atom is -0.486 e. The zero-order valence-corrected chi connectivity index (χ0v) is 16.3. The predicted molar refractivity (Wildman–Crippen MR) is 103 cm³/mol. The van der Waals surface area contributed by atoms with Gasteiger partial charge in [-0.1, -0.05) is 18.0 Å². The van der Waals surface area contributed by atoms with Crippen molar-refractivity contribution in [3.63, 3.8) is 0 Å². The Morgan fingerprint density at radius 2 is 2.04 bits per heavy atom. The lowest BCUT2D eigenvalue weighted by Gasteiger charge is -2.26. The van der Waals surface area contributed by atoms with Crippen LogP contribution in [0.3, 0.4) is 0 Å². The van der Waals surface area contributed by atoms with Crippen molar-refractivity contribution < 1.29 is 9.47 Å². The van der Waals surface area contributed by atoms with E-state index in [0.29, 0.717) is 36.3 Å². The molecule has 2 N–H and O–H groups in total. The standard InChI is InChI=1S/C16H22ClN3O2.HI/c1-18-16(19-9-11-3-2-4-11)20-10-12-7-13(17)15-14(8-12)21-5-6-22-15;/h7-8,11H,2-6,9-10H2,1H3,(H2,18,19,20);1H. The van der Waals surface area contributed by atoms with E-state index in [4.69, 9.17) is 21.1 Å². The molecule has 0 atom stereocenters. The summed E-state index contributed by atoms with van der Waals surface area (Å²) in [4.78, 5) is 4.25. The van der Waals surface area contributed by atoms with Crippen molar-refractivity contribution >= 4 is 41.5 Å². The van der Waals surface area contributed by atoms with Crippen LogP contribution in [0.25, 0.3) is 0 Å². The molecule has 3 rings (SSSR count). The van der Waals surface area contributed by atoms with Gasteiger partial charge < -0.3 is 20.1 Å². The molecule has 2 aliphatic rings. The van der Waals surface area contributed by atoms with Crippen LogP contribution in [0, 0.1) is 5.92 Å². The van der Waals surface area contributed by atoms with Gasteiger partial charge >= 0.3 is 0 Å². The van der Waals surface area contributed by atoms with Gasteiger partial charge in [0.2, 0.25) is 0 Å². The SMILES string of the molecule is CN=C(NCc1cc(Cl)c2c(c1)OCCO2)NCC1CCC1.I. The molecule has 7 heteroatoms. The van der Waals surface area contributed by atoms with E-state index in [1.54, 1.807) is 7.05 Å². The van der Waals surface area contributed by atoms with Crippen molar-refractivity contribution in [1.29, 1.82) is 0 Å². The molecule has 0 radical (unpaired) electrons. The lowest BCUT2D eigenvalue weighted by Crippen LogP contribution is -2.40. The van der Waals surface area contributed by atoms with E-state index in [0.717, 1.165) is 24.0 Å². The smallest absolute Gasteiger partial charge is 0.191 e. The first-order valence-electron chi connectivity index (χ1n) is 7.79. The summed E-state index contributed by atoms with van der Waals surface area (Å²) in [7, 11) is 1.78. The first-order valence-corrected chi connectivity index (χ1v) is 8.16. The minimum absolute atomic E-state index is 0. The molecule has 0 saturated heterocycles. The van der Waals surface area contributed by atoms with Crippen LogP contribution in [0.15, 0.2) is 17.1 Å². The quantitative estimate of drug-likeness (QED) is 0.419. The summed E-state index contributed by atoms with van der Waals surface area (Å²) < 4.78 is 11.1. The summed E-state index contributed by atoms with van der Waals surface area (Å²) in [6.45, 7) is 2.73. The highest BCUT2D eigenvalue weighted by Crippen LogP contribution is 2.38. The summed E-state index contributed by atoms with van der Waals surface area (Å²) >= 11 is 6.25. The van der Waals surface area contributed by atoms with Crippen molar-refractivity contribution in [3.8, 4) is 11.5 Å². The van der Waals surface area contributed by atoms with Crippen molar-refractivity contribution in [2.24, 2.45) is 10.9 Å². The molecule has 1 saturated carbocycles. The largest absolute Gasteiger partial charge is 0.486 e. The van der Waals surface area contributed by atoms with Gasteiger partial charge in [-0.3, -0.25) is 4.99 Å². The van der Waals surface area contributed by atoms with E-state index in [1.165, 1.54) is 19.3 Å². The molecule has 0 bridgehead atoms. The van der Waals surface area contributed by atoms with Crippen molar-refractivity contribution in [1.82, 2.24) is 10.6 Å². The average Bonchev–Trinajstić information content (AvgIpc) is 2.49. The fourth-order valence-corrected chi connectivity index (χ4v) is 2.90. The molecule has 128 valence electrons. The third-order valence-corrected chi connectivity index (χ3v) is 4.40. The van der Waals surface area contributed by atoms with E-state index >= 15 is 0 Å². The van der Waals surface area contributed by atoms with Crippen LogP contribution in [-0.2, 0) is 6.54 Å². The third kappa shape index (κ3) is 4.79. The van der Waals surface area contributed by atoms with Crippen LogP contribution >= 0.6 is 35.6 Å². The minimum atomic E-state index is 0. The lowest BCUT2D eigenvalue weighted by molar-refractivity contribution is 0.171. The Morgan fingerprint density at radius 3 is 2.74 bits per heavy atom. The fourth-order valence-electron chi connectivity index (χ4n) is 2.61. The molecule has 1 aromatic carbocycles. The molecule has 0 unspecified atom stereocenters. The first kappa shape index (κ1) is 18.4. The zero-order valence-electron chi connectivity index (χ0n) is 13.2.